The van der Waals surface area contributed by atoms with Crippen molar-refractivity contribution in [3.63, 3.8) is 0 Å². The van der Waals surface area contributed by atoms with Gasteiger partial charge in [-0.3, -0.25) is 4.79 Å². The van der Waals surface area contributed by atoms with Crippen LogP contribution >= 0.6 is 0 Å². The van der Waals surface area contributed by atoms with E-state index in [0.29, 0.717) is 12.1 Å². The average molecular weight is 191 g/mol. The highest BCUT2D eigenvalue weighted by Crippen LogP contribution is 1.98. The van der Waals surface area contributed by atoms with Gasteiger partial charge >= 0.3 is 0 Å². The van der Waals surface area contributed by atoms with Crippen molar-refractivity contribution in [3.8, 4) is 0 Å². The van der Waals surface area contributed by atoms with Crippen molar-refractivity contribution in [1.82, 2.24) is 5.32 Å². The summed E-state index contributed by atoms with van der Waals surface area (Å²) in [5.41, 5.74) is 0.616. The molecule has 0 radical (unpaired) electrons. The maximum Gasteiger partial charge on any atom is 0.251 e. The van der Waals surface area contributed by atoms with E-state index in [0.717, 1.165) is 6.29 Å². The molecular formula is C11H13NO2. The number of hydrogen-bond acceptors (Lipinski definition) is 2. The first-order valence-electron chi connectivity index (χ1n) is 4.52. The molecule has 3 heteroatoms. The van der Waals surface area contributed by atoms with Crippen molar-refractivity contribution >= 4 is 12.2 Å². The van der Waals surface area contributed by atoms with Gasteiger partial charge in [-0.25, -0.2) is 0 Å². The lowest BCUT2D eigenvalue weighted by Gasteiger charge is -2.06. The van der Waals surface area contributed by atoms with Crippen LogP contribution in [0.3, 0.4) is 0 Å². The molecule has 0 aliphatic rings. The Bertz CT molecular complexity index is 308. The molecule has 0 unspecified atom stereocenters. The third-order valence-corrected chi connectivity index (χ3v) is 1.85. The van der Waals surface area contributed by atoms with Crippen LogP contribution in [0.2, 0.25) is 0 Å². The highest BCUT2D eigenvalue weighted by atomic mass is 16.1. The fourth-order valence-electron chi connectivity index (χ4n) is 0.993. The second-order valence-electron chi connectivity index (χ2n) is 3.19. The van der Waals surface area contributed by atoms with Crippen LogP contribution in [0, 0.1) is 5.92 Å². The lowest BCUT2D eigenvalue weighted by molar-refractivity contribution is -0.110. The van der Waals surface area contributed by atoms with Gasteiger partial charge in [0.05, 0.1) is 0 Å². The van der Waals surface area contributed by atoms with E-state index in [4.69, 9.17) is 0 Å². The molecule has 1 aromatic carbocycles. The third-order valence-electron chi connectivity index (χ3n) is 1.85. The molecule has 1 rings (SSSR count). The van der Waals surface area contributed by atoms with Crippen LogP contribution in [0.15, 0.2) is 30.3 Å². The molecule has 0 saturated heterocycles. The van der Waals surface area contributed by atoms with Crippen molar-refractivity contribution in [2.75, 3.05) is 6.54 Å². The molecule has 1 N–H and O–H groups in total. The summed E-state index contributed by atoms with van der Waals surface area (Å²) in [4.78, 5) is 21.7. The van der Waals surface area contributed by atoms with Crippen molar-refractivity contribution in [3.05, 3.63) is 35.9 Å². The lowest BCUT2D eigenvalue weighted by Crippen LogP contribution is -2.28. The first kappa shape index (κ1) is 10.4. The summed E-state index contributed by atoms with van der Waals surface area (Å²) in [5, 5.41) is 2.68. The Hall–Kier alpha value is -1.64. The van der Waals surface area contributed by atoms with Crippen LogP contribution in [0.1, 0.15) is 17.3 Å². The van der Waals surface area contributed by atoms with E-state index in [9.17, 15) is 9.59 Å². The van der Waals surface area contributed by atoms with E-state index in [1.807, 2.05) is 6.07 Å². The fourth-order valence-corrected chi connectivity index (χ4v) is 0.993. The molecule has 0 aromatic heterocycles. The molecule has 1 amide bonds. The zero-order valence-corrected chi connectivity index (χ0v) is 8.07. The number of nitrogens with one attached hydrogen (secondary N) is 1. The van der Waals surface area contributed by atoms with Crippen LogP contribution in [0.4, 0.5) is 0 Å². The van der Waals surface area contributed by atoms with E-state index >= 15 is 0 Å². The third kappa shape index (κ3) is 3.01. The van der Waals surface area contributed by atoms with Gasteiger partial charge in [0.1, 0.15) is 6.29 Å². The Kier molecular flexibility index (Phi) is 3.85. The van der Waals surface area contributed by atoms with Gasteiger partial charge in [-0.15, -0.1) is 0 Å². The maximum absolute atomic E-state index is 11.4. The monoisotopic (exact) mass is 191 g/mol. The zero-order chi connectivity index (χ0) is 10.4. The summed E-state index contributed by atoms with van der Waals surface area (Å²) in [6.45, 7) is 2.15. The molecule has 0 spiro atoms. The molecule has 3 nitrogen and oxygen atoms in total. The Labute approximate surface area is 83.1 Å². The predicted molar refractivity (Wildman–Crippen MR) is 54.0 cm³/mol. The Balaban J connectivity index is 2.47. The molecular weight excluding hydrogens is 178 g/mol. The second kappa shape index (κ2) is 5.17. The molecule has 1 atom stereocenters. The largest absolute Gasteiger partial charge is 0.351 e. The van der Waals surface area contributed by atoms with E-state index in [-0.39, 0.29) is 11.8 Å². The van der Waals surface area contributed by atoms with Crippen LogP contribution in [-0.2, 0) is 4.79 Å². The van der Waals surface area contributed by atoms with Crippen molar-refractivity contribution in [2.45, 2.75) is 6.92 Å². The number of hydrogen-bond donors (Lipinski definition) is 1. The first-order valence-corrected chi connectivity index (χ1v) is 4.52. The number of carbonyl (C=O) groups is 2. The predicted octanol–water partition coefficient (Wildman–Crippen LogP) is 1.25. The van der Waals surface area contributed by atoms with Gasteiger partial charge in [0, 0.05) is 18.0 Å². The summed E-state index contributed by atoms with van der Waals surface area (Å²) < 4.78 is 0. The number of benzene rings is 1. The summed E-state index contributed by atoms with van der Waals surface area (Å²) in [5.74, 6) is -0.276. The zero-order valence-electron chi connectivity index (χ0n) is 8.07. The van der Waals surface area contributed by atoms with Gasteiger partial charge in [-0.1, -0.05) is 25.1 Å². The van der Waals surface area contributed by atoms with Gasteiger partial charge < -0.3 is 10.1 Å². The number of rotatable bonds is 4. The van der Waals surface area contributed by atoms with Crippen LogP contribution < -0.4 is 5.32 Å². The molecule has 0 saturated carbocycles. The van der Waals surface area contributed by atoms with Gasteiger partial charge in [-0.05, 0) is 12.1 Å². The Morgan fingerprint density at radius 1 is 1.43 bits per heavy atom. The topological polar surface area (TPSA) is 46.2 Å². The average Bonchev–Trinajstić information content (AvgIpc) is 2.26. The molecule has 0 bridgehead atoms. The van der Waals surface area contributed by atoms with Crippen molar-refractivity contribution < 1.29 is 9.59 Å². The summed E-state index contributed by atoms with van der Waals surface area (Å²) in [6.07, 6.45) is 0.825. The molecule has 0 aliphatic heterocycles. The van der Waals surface area contributed by atoms with Crippen molar-refractivity contribution in [1.29, 1.82) is 0 Å². The molecule has 0 heterocycles. The summed E-state index contributed by atoms with van der Waals surface area (Å²) in [7, 11) is 0. The number of amides is 1. The van der Waals surface area contributed by atoms with E-state index in [1.165, 1.54) is 0 Å². The molecule has 1 aromatic rings. The van der Waals surface area contributed by atoms with Gasteiger partial charge in [0.25, 0.3) is 5.91 Å². The highest BCUT2D eigenvalue weighted by molar-refractivity contribution is 5.94. The second-order valence-corrected chi connectivity index (χ2v) is 3.19. The Morgan fingerprint density at radius 3 is 2.64 bits per heavy atom. The fraction of sp³-hybridized carbons (Fsp3) is 0.273. The van der Waals surface area contributed by atoms with Gasteiger partial charge in [0.15, 0.2) is 0 Å². The molecule has 74 valence electrons. The number of aldehydes is 1. The standard InChI is InChI=1S/C11H13NO2/c1-9(8-13)7-12-11(14)10-5-3-2-4-6-10/h2-6,8-9H,7H2,1H3,(H,12,14)/t9-/m1/s1. The highest BCUT2D eigenvalue weighted by Gasteiger charge is 2.05. The molecule has 14 heavy (non-hydrogen) atoms. The smallest absolute Gasteiger partial charge is 0.251 e. The minimum absolute atomic E-state index is 0.136. The van der Waals surface area contributed by atoms with E-state index in [2.05, 4.69) is 5.32 Å². The van der Waals surface area contributed by atoms with E-state index in [1.54, 1.807) is 31.2 Å². The van der Waals surface area contributed by atoms with E-state index < -0.39 is 0 Å². The SMILES string of the molecule is C[C@@H](C=O)CNC(=O)c1ccccc1. The number of carbonyl (C=O) groups excluding carboxylic acids is 2. The van der Waals surface area contributed by atoms with Crippen LogP contribution in [-0.4, -0.2) is 18.7 Å². The molecule has 0 aliphatic carbocycles. The van der Waals surface area contributed by atoms with Crippen molar-refractivity contribution in [2.24, 2.45) is 5.92 Å². The lowest BCUT2D eigenvalue weighted by atomic mass is 10.2. The Morgan fingerprint density at radius 2 is 2.07 bits per heavy atom. The molecule has 0 fully saturated rings. The summed E-state index contributed by atoms with van der Waals surface area (Å²) in [6, 6.07) is 8.93. The minimum Gasteiger partial charge on any atom is -0.351 e. The summed E-state index contributed by atoms with van der Waals surface area (Å²) >= 11 is 0. The quantitative estimate of drug-likeness (QED) is 0.728. The van der Waals surface area contributed by atoms with Gasteiger partial charge in [-0.2, -0.15) is 0 Å². The normalized spacial score (nSPS) is 11.8. The van der Waals surface area contributed by atoms with Crippen LogP contribution in [0.5, 0.6) is 0 Å². The minimum atomic E-state index is -0.140. The maximum atomic E-state index is 11.4. The first-order chi connectivity index (χ1) is 6.74. The van der Waals surface area contributed by atoms with Gasteiger partial charge in [0.2, 0.25) is 0 Å². The van der Waals surface area contributed by atoms with Crippen LogP contribution in [0.25, 0.3) is 0 Å².